The summed E-state index contributed by atoms with van der Waals surface area (Å²) in [6, 6.07) is 5.67. The van der Waals surface area contributed by atoms with Gasteiger partial charge in [0.05, 0.1) is 0 Å². The Balaban J connectivity index is 1.76. The molecule has 0 radical (unpaired) electrons. The molecule has 0 amide bonds. The zero-order valence-electron chi connectivity index (χ0n) is 11.8. The summed E-state index contributed by atoms with van der Waals surface area (Å²) in [4.78, 5) is 4.46. The summed E-state index contributed by atoms with van der Waals surface area (Å²) in [5.74, 6) is 1.92. The fraction of sp³-hybridized carbons (Fsp3) is 0.467. The number of halogens is 2. The van der Waals surface area contributed by atoms with E-state index < -0.39 is 0 Å². The van der Waals surface area contributed by atoms with E-state index in [1.807, 2.05) is 0 Å². The average Bonchev–Trinajstić information content (AvgIpc) is 3.17. The normalized spacial score (nSPS) is 16.1. The minimum atomic E-state index is 0.422. The summed E-state index contributed by atoms with van der Waals surface area (Å²) in [5.41, 5.74) is 0.772. The Hall–Kier alpha value is -1.10. The van der Waals surface area contributed by atoms with Crippen LogP contribution >= 0.6 is 23.2 Å². The SMILES string of the molecule is CCNC(Cc1nc(-c2cc(Cl)cc(Cl)c2)no1)C1CC1. The molecule has 4 nitrogen and oxygen atoms in total. The lowest BCUT2D eigenvalue weighted by molar-refractivity contribution is 0.348. The van der Waals surface area contributed by atoms with E-state index in [0.717, 1.165) is 24.4 Å². The third kappa shape index (κ3) is 3.76. The smallest absolute Gasteiger partial charge is 0.228 e. The lowest BCUT2D eigenvalue weighted by atomic mass is 10.1. The third-order valence-electron chi connectivity index (χ3n) is 3.64. The molecule has 1 aliphatic carbocycles. The maximum Gasteiger partial charge on any atom is 0.228 e. The van der Waals surface area contributed by atoms with Crippen LogP contribution in [0.5, 0.6) is 0 Å². The maximum absolute atomic E-state index is 6.00. The summed E-state index contributed by atoms with van der Waals surface area (Å²) < 4.78 is 5.37. The third-order valence-corrected chi connectivity index (χ3v) is 4.08. The number of nitrogens with zero attached hydrogens (tertiary/aromatic N) is 2. The van der Waals surface area contributed by atoms with Crippen LogP contribution in [0, 0.1) is 5.92 Å². The molecule has 3 rings (SSSR count). The van der Waals surface area contributed by atoms with Crippen LogP contribution in [-0.4, -0.2) is 22.7 Å². The molecule has 1 heterocycles. The van der Waals surface area contributed by atoms with Crippen LogP contribution in [0.1, 0.15) is 25.7 Å². The van der Waals surface area contributed by atoms with E-state index in [4.69, 9.17) is 27.7 Å². The molecule has 1 fully saturated rings. The number of benzene rings is 1. The molecule has 2 aromatic rings. The first-order valence-corrected chi connectivity index (χ1v) is 7.93. The van der Waals surface area contributed by atoms with E-state index in [2.05, 4.69) is 22.4 Å². The molecule has 0 spiro atoms. The Morgan fingerprint density at radius 3 is 2.62 bits per heavy atom. The molecule has 6 heteroatoms. The summed E-state index contributed by atoms with van der Waals surface area (Å²) in [6.07, 6.45) is 3.32. The molecule has 0 saturated heterocycles. The van der Waals surface area contributed by atoms with Crippen molar-refractivity contribution in [2.24, 2.45) is 5.92 Å². The van der Waals surface area contributed by atoms with Crippen LogP contribution in [0.3, 0.4) is 0 Å². The van der Waals surface area contributed by atoms with Gasteiger partial charge in [-0.2, -0.15) is 4.98 Å². The highest BCUT2D eigenvalue weighted by Gasteiger charge is 2.31. The van der Waals surface area contributed by atoms with Crippen molar-refractivity contribution in [3.63, 3.8) is 0 Å². The van der Waals surface area contributed by atoms with Gasteiger partial charge in [0.25, 0.3) is 0 Å². The zero-order chi connectivity index (χ0) is 14.8. The van der Waals surface area contributed by atoms with Gasteiger partial charge in [-0.05, 0) is 43.5 Å². The van der Waals surface area contributed by atoms with Crippen LogP contribution in [0.4, 0.5) is 0 Å². The number of hydrogen-bond donors (Lipinski definition) is 1. The fourth-order valence-corrected chi connectivity index (χ4v) is 3.02. The van der Waals surface area contributed by atoms with E-state index >= 15 is 0 Å². The maximum atomic E-state index is 6.00. The van der Waals surface area contributed by atoms with Crippen molar-refractivity contribution in [2.75, 3.05) is 6.54 Å². The topological polar surface area (TPSA) is 51.0 Å². The van der Waals surface area contributed by atoms with Gasteiger partial charge in [-0.1, -0.05) is 35.3 Å². The van der Waals surface area contributed by atoms with Crippen molar-refractivity contribution in [3.05, 3.63) is 34.1 Å². The first-order valence-electron chi connectivity index (χ1n) is 7.18. The van der Waals surface area contributed by atoms with Crippen LogP contribution in [0.15, 0.2) is 22.7 Å². The van der Waals surface area contributed by atoms with Gasteiger partial charge in [0, 0.05) is 28.1 Å². The molecular weight excluding hydrogens is 309 g/mol. The minimum Gasteiger partial charge on any atom is -0.339 e. The highest BCUT2D eigenvalue weighted by molar-refractivity contribution is 6.35. The Morgan fingerprint density at radius 2 is 2.00 bits per heavy atom. The summed E-state index contributed by atoms with van der Waals surface area (Å²) in [6.45, 7) is 3.06. The molecule has 1 aliphatic rings. The van der Waals surface area contributed by atoms with E-state index in [9.17, 15) is 0 Å². The van der Waals surface area contributed by atoms with E-state index in [1.165, 1.54) is 12.8 Å². The predicted octanol–water partition coefficient (Wildman–Crippen LogP) is 3.97. The van der Waals surface area contributed by atoms with Gasteiger partial charge < -0.3 is 9.84 Å². The van der Waals surface area contributed by atoms with Crippen molar-refractivity contribution < 1.29 is 4.52 Å². The van der Waals surface area contributed by atoms with Gasteiger partial charge in [0.1, 0.15) is 0 Å². The van der Waals surface area contributed by atoms with Crippen LogP contribution < -0.4 is 5.32 Å². The fourth-order valence-electron chi connectivity index (χ4n) is 2.49. The number of aromatic nitrogens is 2. The summed E-state index contributed by atoms with van der Waals surface area (Å²) >= 11 is 12.0. The average molecular weight is 326 g/mol. The highest BCUT2D eigenvalue weighted by atomic mass is 35.5. The lowest BCUT2D eigenvalue weighted by Crippen LogP contribution is -2.33. The van der Waals surface area contributed by atoms with Gasteiger partial charge >= 0.3 is 0 Å². The molecule has 1 saturated carbocycles. The van der Waals surface area contributed by atoms with Crippen molar-refractivity contribution >= 4 is 23.2 Å². The lowest BCUT2D eigenvalue weighted by Gasteiger charge is -2.14. The largest absolute Gasteiger partial charge is 0.339 e. The number of rotatable bonds is 6. The van der Waals surface area contributed by atoms with Gasteiger partial charge in [-0.3, -0.25) is 0 Å². The second-order valence-corrected chi connectivity index (χ2v) is 6.25. The zero-order valence-corrected chi connectivity index (χ0v) is 13.3. The number of hydrogen-bond acceptors (Lipinski definition) is 4. The number of likely N-dealkylation sites (N-methyl/N-ethyl adjacent to an activating group) is 1. The van der Waals surface area contributed by atoms with Crippen molar-refractivity contribution in [1.82, 2.24) is 15.5 Å². The van der Waals surface area contributed by atoms with Crippen LogP contribution in [-0.2, 0) is 6.42 Å². The van der Waals surface area contributed by atoms with Crippen molar-refractivity contribution in [2.45, 2.75) is 32.2 Å². The molecule has 0 aliphatic heterocycles. The van der Waals surface area contributed by atoms with Gasteiger partial charge in [0.15, 0.2) is 0 Å². The summed E-state index contributed by atoms with van der Waals surface area (Å²) in [5, 5.41) is 8.65. The van der Waals surface area contributed by atoms with E-state index in [0.29, 0.717) is 27.8 Å². The predicted molar refractivity (Wildman–Crippen MR) is 83.6 cm³/mol. The molecule has 21 heavy (non-hydrogen) atoms. The second kappa shape index (κ2) is 6.34. The standard InChI is InChI=1S/C15H17Cl2N3O/c1-2-18-13(9-3-4-9)8-14-19-15(20-21-14)10-5-11(16)7-12(17)6-10/h5-7,9,13,18H,2-4,8H2,1H3. The Bertz CT molecular complexity index is 605. The summed E-state index contributed by atoms with van der Waals surface area (Å²) in [7, 11) is 0. The van der Waals surface area contributed by atoms with Gasteiger partial charge in [-0.15, -0.1) is 0 Å². The Labute approximate surface area is 133 Å². The molecule has 0 bridgehead atoms. The Kier molecular flexibility index (Phi) is 4.48. The van der Waals surface area contributed by atoms with Crippen molar-refractivity contribution in [1.29, 1.82) is 0 Å². The van der Waals surface area contributed by atoms with Crippen LogP contribution in [0.25, 0.3) is 11.4 Å². The molecule has 1 aromatic heterocycles. The molecular formula is C15H17Cl2N3O. The molecule has 1 unspecified atom stereocenters. The van der Waals surface area contributed by atoms with E-state index in [1.54, 1.807) is 18.2 Å². The molecule has 1 atom stereocenters. The van der Waals surface area contributed by atoms with Gasteiger partial charge in [-0.25, -0.2) is 0 Å². The van der Waals surface area contributed by atoms with E-state index in [-0.39, 0.29) is 0 Å². The molecule has 1 aromatic carbocycles. The molecule has 1 N–H and O–H groups in total. The molecule has 112 valence electrons. The Morgan fingerprint density at radius 1 is 1.29 bits per heavy atom. The first-order chi connectivity index (χ1) is 10.2. The number of nitrogens with one attached hydrogen (secondary N) is 1. The highest BCUT2D eigenvalue weighted by Crippen LogP contribution is 2.34. The van der Waals surface area contributed by atoms with Gasteiger partial charge in [0.2, 0.25) is 11.7 Å². The second-order valence-electron chi connectivity index (χ2n) is 5.38. The minimum absolute atomic E-state index is 0.422. The monoisotopic (exact) mass is 325 g/mol. The first kappa shape index (κ1) is 14.8. The quantitative estimate of drug-likeness (QED) is 0.872. The van der Waals surface area contributed by atoms with Crippen molar-refractivity contribution in [3.8, 4) is 11.4 Å². The van der Waals surface area contributed by atoms with Crippen LogP contribution in [0.2, 0.25) is 10.0 Å².